The van der Waals surface area contributed by atoms with E-state index in [2.05, 4.69) is 4.90 Å². The van der Waals surface area contributed by atoms with E-state index < -0.39 is 11.5 Å². The fraction of sp³-hybridized carbons (Fsp3) is 0.346. The number of nitrogens with zero attached hydrogens (tertiary/aromatic N) is 3. The molecule has 37 heavy (non-hydrogen) atoms. The van der Waals surface area contributed by atoms with Crippen LogP contribution in [0.25, 0.3) is 21.2 Å². The highest BCUT2D eigenvalue weighted by Gasteiger charge is 2.26. The monoisotopic (exact) mass is 545 g/mol. The molecule has 11 heteroatoms. The van der Waals surface area contributed by atoms with Crippen molar-refractivity contribution < 1.29 is 23.4 Å². The van der Waals surface area contributed by atoms with Gasteiger partial charge in [0.25, 0.3) is 5.91 Å². The van der Waals surface area contributed by atoms with E-state index in [1.54, 1.807) is 43.4 Å². The van der Waals surface area contributed by atoms with E-state index in [9.17, 15) is 9.59 Å². The molecule has 0 aliphatic carbocycles. The maximum atomic E-state index is 13.8. The van der Waals surface area contributed by atoms with Crippen LogP contribution in [0.2, 0.25) is 0 Å². The molecule has 0 radical (unpaired) electrons. The summed E-state index contributed by atoms with van der Waals surface area (Å²) in [7, 11) is 3.16. The minimum absolute atomic E-state index is 0. The Kier molecular flexibility index (Phi) is 8.65. The van der Waals surface area contributed by atoms with Crippen LogP contribution in [0.15, 0.2) is 51.7 Å². The number of amides is 1. The Hall–Kier alpha value is -3.18. The van der Waals surface area contributed by atoms with E-state index in [4.69, 9.17) is 23.6 Å². The van der Waals surface area contributed by atoms with Gasteiger partial charge in [-0.15, -0.1) is 12.4 Å². The molecule has 196 valence electrons. The number of hydrogen-bond donors (Lipinski definition) is 0. The van der Waals surface area contributed by atoms with Gasteiger partial charge in [-0.05, 0) is 30.7 Å². The highest BCUT2D eigenvalue weighted by molar-refractivity contribution is 7.22. The standard InChI is InChI=1S/C26H27N3O6S.ClH/c1-32-20-8-9-21(33-2)23-22(20)27-26(36-23)29(11-5-10-28-12-14-34-15-13-28)24(30)18-16-17-6-3-4-7-19(17)35-25(18)31;/h3-4,6-9,16H,5,10-15H2,1-2H3;1H. The number of ether oxygens (including phenoxy) is 3. The van der Waals surface area contributed by atoms with Crippen LogP contribution in [0.5, 0.6) is 11.5 Å². The average Bonchev–Trinajstić information content (AvgIpc) is 3.35. The molecule has 0 N–H and O–H groups in total. The first-order valence-corrected chi connectivity index (χ1v) is 12.6. The van der Waals surface area contributed by atoms with Gasteiger partial charge in [-0.2, -0.15) is 0 Å². The van der Waals surface area contributed by atoms with Crippen LogP contribution in [0.1, 0.15) is 16.8 Å². The van der Waals surface area contributed by atoms with Crippen LogP contribution >= 0.6 is 23.7 Å². The number of methoxy groups -OCH3 is 2. The van der Waals surface area contributed by atoms with Gasteiger partial charge in [0.2, 0.25) is 0 Å². The maximum absolute atomic E-state index is 13.8. The number of fused-ring (bicyclic) bond motifs is 2. The molecule has 0 bridgehead atoms. The molecule has 1 aliphatic rings. The van der Waals surface area contributed by atoms with Crippen LogP contribution in [-0.4, -0.2) is 69.4 Å². The summed E-state index contributed by atoms with van der Waals surface area (Å²) in [5.74, 6) is 0.771. The Balaban J connectivity index is 0.00000320. The van der Waals surface area contributed by atoms with E-state index >= 15 is 0 Å². The van der Waals surface area contributed by atoms with Crippen molar-refractivity contribution in [3.8, 4) is 11.5 Å². The van der Waals surface area contributed by atoms with Crippen LogP contribution in [0, 0.1) is 0 Å². The second-order valence-electron chi connectivity index (χ2n) is 8.39. The van der Waals surface area contributed by atoms with Gasteiger partial charge in [0, 0.05) is 31.6 Å². The van der Waals surface area contributed by atoms with Crippen molar-refractivity contribution in [1.29, 1.82) is 0 Å². The molecule has 1 saturated heterocycles. The Bertz CT molecular complexity index is 1410. The number of carbonyl (C=O) groups is 1. The van der Waals surface area contributed by atoms with Crippen LogP contribution < -0.4 is 20.0 Å². The SMILES string of the molecule is COc1ccc(OC)c2sc(N(CCCN3CCOCC3)C(=O)c3cc4ccccc4oc3=O)nc12.Cl. The number of para-hydroxylation sites is 1. The number of benzene rings is 2. The molecule has 3 heterocycles. The molecule has 4 aromatic rings. The third kappa shape index (κ3) is 5.57. The quantitative estimate of drug-likeness (QED) is 0.304. The highest BCUT2D eigenvalue weighted by Crippen LogP contribution is 2.40. The Morgan fingerprint density at radius 1 is 1.11 bits per heavy atom. The zero-order chi connectivity index (χ0) is 25.1. The average molecular weight is 546 g/mol. The normalized spacial score (nSPS) is 13.9. The lowest BCUT2D eigenvalue weighted by Gasteiger charge is -2.27. The number of carbonyl (C=O) groups excluding carboxylic acids is 1. The number of rotatable bonds is 8. The van der Waals surface area contributed by atoms with E-state index in [1.165, 1.54) is 11.3 Å². The number of hydrogen-bond acceptors (Lipinski definition) is 9. The largest absolute Gasteiger partial charge is 0.495 e. The molecule has 5 rings (SSSR count). The summed E-state index contributed by atoms with van der Waals surface area (Å²) in [6.07, 6.45) is 0.703. The van der Waals surface area contributed by atoms with Gasteiger partial charge in [-0.3, -0.25) is 14.6 Å². The molecule has 9 nitrogen and oxygen atoms in total. The van der Waals surface area contributed by atoms with Crippen molar-refractivity contribution in [3.63, 3.8) is 0 Å². The number of morpholine rings is 1. The third-order valence-electron chi connectivity index (χ3n) is 6.21. The fourth-order valence-corrected chi connectivity index (χ4v) is 5.41. The van der Waals surface area contributed by atoms with Crippen LogP contribution in [0.4, 0.5) is 5.13 Å². The van der Waals surface area contributed by atoms with Crippen molar-refractivity contribution in [1.82, 2.24) is 9.88 Å². The molecule has 2 aromatic carbocycles. The topological polar surface area (TPSA) is 94.3 Å². The van der Waals surface area contributed by atoms with Gasteiger partial charge < -0.3 is 18.6 Å². The summed E-state index contributed by atoms with van der Waals surface area (Å²) >= 11 is 1.33. The van der Waals surface area contributed by atoms with Crippen molar-refractivity contribution in [2.75, 3.05) is 58.5 Å². The molecule has 0 spiro atoms. The van der Waals surface area contributed by atoms with Crippen molar-refractivity contribution in [2.45, 2.75) is 6.42 Å². The van der Waals surface area contributed by atoms with Gasteiger partial charge in [-0.1, -0.05) is 29.5 Å². The van der Waals surface area contributed by atoms with Crippen molar-refractivity contribution >= 4 is 56.0 Å². The third-order valence-corrected chi connectivity index (χ3v) is 7.30. The van der Waals surface area contributed by atoms with Gasteiger partial charge >= 0.3 is 5.63 Å². The lowest BCUT2D eigenvalue weighted by molar-refractivity contribution is 0.0376. The second-order valence-corrected chi connectivity index (χ2v) is 9.37. The predicted octanol–water partition coefficient (Wildman–Crippen LogP) is 4.21. The van der Waals surface area contributed by atoms with E-state index in [0.29, 0.717) is 59.3 Å². The molecule has 1 aliphatic heterocycles. The Morgan fingerprint density at radius 3 is 2.59 bits per heavy atom. The molecule has 1 amide bonds. The summed E-state index contributed by atoms with van der Waals surface area (Å²) in [6, 6.07) is 12.3. The molecule has 0 atom stereocenters. The van der Waals surface area contributed by atoms with Gasteiger partial charge in [0.1, 0.15) is 32.9 Å². The minimum Gasteiger partial charge on any atom is -0.495 e. The number of halogens is 1. The Labute approximate surface area is 223 Å². The summed E-state index contributed by atoms with van der Waals surface area (Å²) in [5, 5.41) is 1.15. The number of aromatic nitrogens is 1. The maximum Gasteiger partial charge on any atom is 0.349 e. The Morgan fingerprint density at radius 2 is 1.84 bits per heavy atom. The zero-order valence-corrected chi connectivity index (χ0v) is 22.2. The summed E-state index contributed by atoms with van der Waals surface area (Å²) in [6.45, 7) is 4.32. The predicted molar refractivity (Wildman–Crippen MR) is 146 cm³/mol. The van der Waals surface area contributed by atoms with Crippen molar-refractivity contribution in [2.24, 2.45) is 0 Å². The first-order valence-electron chi connectivity index (χ1n) is 11.8. The molecule has 0 unspecified atom stereocenters. The van der Waals surface area contributed by atoms with Crippen LogP contribution in [-0.2, 0) is 4.74 Å². The molecular weight excluding hydrogens is 518 g/mol. The van der Waals surface area contributed by atoms with Gasteiger partial charge in [-0.25, -0.2) is 9.78 Å². The molecule has 1 fully saturated rings. The number of thiazole rings is 1. The van der Waals surface area contributed by atoms with Gasteiger partial charge in [0.05, 0.1) is 27.4 Å². The lowest BCUT2D eigenvalue weighted by Crippen LogP contribution is -2.40. The number of anilines is 1. The lowest BCUT2D eigenvalue weighted by atomic mass is 10.1. The summed E-state index contributed by atoms with van der Waals surface area (Å²) in [4.78, 5) is 35.2. The smallest absolute Gasteiger partial charge is 0.349 e. The molecule has 2 aromatic heterocycles. The molecular formula is C26H28ClN3O6S. The summed E-state index contributed by atoms with van der Waals surface area (Å²) in [5.41, 5.74) is 0.340. The van der Waals surface area contributed by atoms with Gasteiger partial charge in [0.15, 0.2) is 5.13 Å². The fourth-order valence-electron chi connectivity index (χ4n) is 4.31. The molecule has 0 saturated carbocycles. The van der Waals surface area contributed by atoms with E-state index in [1.807, 2.05) is 18.2 Å². The van der Waals surface area contributed by atoms with Crippen LogP contribution in [0.3, 0.4) is 0 Å². The first kappa shape index (κ1) is 26.9. The highest BCUT2D eigenvalue weighted by atomic mass is 35.5. The minimum atomic E-state index is -0.673. The first-order chi connectivity index (χ1) is 17.6. The van der Waals surface area contributed by atoms with E-state index in [-0.39, 0.29) is 18.0 Å². The zero-order valence-electron chi connectivity index (χ0n) is 20.6. The van der Waals surface area contributed by atoms with Crippen molar-refractivity contribution in [3.05, 3.63) is 58.4 Å². The summed E-state index contributed by atoms with van der Waals surface area (Å²) < 4.78 is 22.7. The second kappa shape index (κ2) is 11.9. The van der Waals surface area contributed by atoms with E-state index in [0.717, 1.165) is 24.3 Å².